The number of carbonyl (C=O) groups excluding carboxylic acids is 1. The van der Waals surface area contributed by atoms with Crippen LogP contribution in [0.25, 0.3) is 0 Å². The molecule has 1 aromatic carbocycles. The summed E-state index contributed by atoms with van der Waals surface area (Å²) in [5, 5.41) is 6.73. The average Bonchev–Trinajstić information content (AvgIpc) is 3.36. The number of hydrazine groups is 1. The molecule has 0 aliphatic heterocycles. The lowest BCUT2D eigenvalue weighted by Crippen LogP contribution is -2.45. The summed E-state index contributed by atoms with van der Waals surface area (Å²) < 4.78 is 13.3. The Morgan fingerprint density at radius 2 is 2.14 bits per heavy atom. The van der Waals surface area contributed by atoms with Gasteiger partial charge in [-0.25, -0.2) is 10.2 Å². The molecule has 1 fully saturated rings. The topological polar surface area (TPSA) is 58.4 Å². The zero-order valence-corrected chi connectivity index (χ0v) is 17.1. The molecule has 1 saturated carbocycles. The second kappa shape index (κ2) is 7.61. The third-order valence-electron chi connectivity index (χ3n) is 6.06. The molecule has 4 rings (SSSR count). The van der Waals surface area contributed by atoms with Crippen molar-refractivity contribution in [2.45, 2.75) is 32.2 Å². The van der Waals surface area contributed by atoms with E-state index in [4.69, 9.17) is 5.84 Å². The van der Waals surface area contributed by atoms with E-state index in [1.807, 2.05) is 23.6 Å². The standard InChI is InChI=1S/C23H24FN3OS/c1-3-15-14-23(2)16(6-11-21(23)26-22(28)20-5-4-12-29-20)13-19(15)27(25)18-9-7-17(24)8-10-18/h3-5,7-10,12-13,21H,1,6,11,14,25H2,2H3,(H,26,28)/t21-,23-/m0/s1. The maximum absolute atomic E-state index is 13.3. The molecule has 0 saturated heterocycles. The van der Waals surface area contributed by atoms with Crippen LogP contribution in [0.4, 0.5) is 10.1 Å². The summed E-state index contributed by atoms with van der Waals surface area (Å²) >= 11 is 1.45. The summed E-state index contributed by atoms with van der Waals surface area (Å²) in [5.41, 5.74) is 3.68. The minimum Gasteiger partial charge on any atom is -0.348 e. The fourth-order valence-electron chi connectivity index (χ4n) is 4.36. The molecule has 4 nitrogen and oxygen atoms in total. The first-order valence-electron chi connectivity index (χ1n) is 9.64. The zero-order valence-electron chi connectivity index (χ0n) is 16.3. The molecule has 2 aromatic rings. The van der Waals surface area contributed by atoms with Crippen molar-refractivity contribution in [2.24, 2.45) is 11.3 Å². The Morgan fingerprint density at radius 3 is 2.79 bits per heavy atom. The quantitative estimate of drug-likeness (QED) is 0.543. The van der Waals surface area contributed by atoms with Gasteiger partial charge in [0, 0.05) is 11.5 Å². The SMILES string of the molecule is C=CC1=C(N(N)c2ccc(F)cc2)C=C2CC[C@H](NC(=O)c3cccs3)[C@@]2(C)C1. The van der Waals surface area contributed by atoms with Gasteiger partial charge in [0.1, 0.15) is 5.82 Å². The Hall–Kier alpha value is -2.70. The van der Waals surface area contributed by atoms with Gasteiger partial charge in [0.2, 0.25) is 0 Å². The van der Waals surface area contributed by atoms with E-state index in [0.29, 0.717) is 5.69 Å². The summed E-state index contributed by atoms with van der Waals surface area (Å²) in [6.45, 7) is 6.18. The van der Waals surface area contributed by atoms with Gasteiger partial charge in [-0.15, -0.1) is 11.3 Å². The summed E-state index contributed by atoms with van der Waals surface area (Å²) in [6.07, 6.45) is 6.46. The summed E-state index contributed by atoms with van der Waals surface area (Å²) in [7, 11) is 0. The third kappa shape index (κ3) is 3.54. The lowest BCUT2D eigenvalue weighted by molar-refractivity contribution is 0.0916. The number of hydrogen-bond acceptors (Lipinski definition) is 4. The highest BCUT2D eigenvalue weighted by Gasteiger charge is 2.46. The van der Waals surface area contributed by atoms with Crippen molar-refractivity contribution in [2.75, 3.05) is 5.01 Å². The molecular formula is C23H24FN3OS. The molecule has 1 amide bonds. The van der Waals surface area contributed by atoms with Crippen molar-refractivity contribution < 1.29 is 9.18 Å². The number of amides is 1. The molecule has 0 bridgehead atoms. The largest absolute Gasteiger partial charge is 0.348 e. The van der Waals surface area contributed by atoms with Crippen molar-refractivity contribution in [3.8, 4) is 0 Å². The molecule has 1 heterocycles. The number of nitrogens with zero attached hydrogens (tertiary/aromatic N) is 1. The van der Waals surface area contributed by atoms with Crippen LogP contribution >= 0.6 is 11.3 Å². The highest BCUT2D eigenvalue weighted by molar-refractivity contribution is 7.12. The lowest BCUT2D eigenvalue weighted by Gasteiger charge is -2.39. The zero-order chi connectivity index (χ0) is 20.6. The Morgan fingerprint density at radius 1 is 1.38 bits per heavy atom. The van der Waals surface area contributed by atoms with Crippen molar-refractivity contribution in [1.29, 1.82) is 0 Å². The molecule has 0 spiro atoms. The van der Waals surface area contributed by atoms with E-state index >= 15 is 0 Å². The van der Waals surface area contributed by atoms with Gasteiger partial charge < -0.3 is 5.32 Å². The smallest absolute Gasteiger partial charge is 0.261 e. The van der Waals surface area contributed by atoms with E-state index in [0.717, 1.165) is 35.4 Å². The normalized spacial score (nSPS) is 23.4. The number of hydrogen-bond donors (Lipinski definition) is 2. The Balaban J connectivity index is 1.60. The molecule has 3 N–H and O–H groups in total. The number of nitrogens with two attached hydrogens (primary N) is 1. The van der Waals surface area contributed by atoms with Gasteiger partial charge in [-0.2, -0.15) is 0 Å². The first kappa shape index (κ1) is 19.6. The number of nitrogens with one attached hydrogen (secondary N) is 1. The van der Waals surface area contributed by atoms with Crippen LogP contribution in [0.2, 0.25) is 0 Å². The summed E-state index contributed by atoms with van der Waals surface area (Å²) in [6, 6.07) is 9.90. The Kier molecular flexibility index (Phi) is 5.15. The van der Waals surface area contributed by atoms with Crippen LogP contribution in [0.5, 0.6) is 0 Å². The predicted octanol–water partition coefficient (Wildman–Crippen LogP) is 4.94. The van der Waals surface area contributed by atoms with Crippen LogP contribution in [0.1, 0.15) is 35.9 Å². The van der Waals surface area contributed by atoms with Crippen molar-refractivity contribution in [1.82, 2.24) is 5.32 Å². The van der Waals surface area contributed by atoms with E-state index in [1.54, 1.807) is 17.1 Å². The van der Waals surface area contributed by atoms with Gasteiger partial charge in [0.15, 0.2) is 0 Å². The number of fused-ring (bicyclic) bond motifs is 1. The lowest BCUT2D eigenvalue weighted by atomic mass is 9.72. The van der Waals surface area contributed by atoms with E-state index in [9.17, 15) is 9.18 Å². The summed E-state index contributed by atoms with van der Waals surface area (Å²) in [5.74, 6) is 6.07. The number of thiophene rings is 1. The number of halogens is 1. The number of carbonyl (C=O) groups is 1. The molecule has 2 aliphatic rings. The molecule has 29 heavy (non-hydrogen) atoms. The van der Waals surface area contributed by atoms with Crippen molar-refractivity contribution in [3.05, 3.63) is 88.0 Å². The van der Waals surface area contributed by atoms with Gasteiger partial charge in [-0.3, -0.25) is 9.80 Å². The van der Waals surface area contributed by atoms with Crippen LogP contribution in [-0.4, -0.2) is 11.9 Å². The highest BCUT2D eigenvalue weighted by Crippen LogP contribution is 2.51. The molecule has 0 unspecified atom stereocenters. The second-order valence-electron chi connectivity index (χ2n) is 7.77. The maximum Gasteiger partial charge on any atom is 0.261 e. The first-order chi connectivity index (χ1) is 13.9. The first-order valence-corrected chi connectivity index (χ1v) is 10.5. The van der Waals surface area contributed by atoms with Gasteiger partial charge in [0.25, 0.3) is 5.91 Å². The molecule has 1 aromatic heterocycles. The number of rotatable bonds is 5. The monoisotopic (exact) mass is 409 g/mol. The minimum absolute atomic E-state index is 0.0193. The number of benzene rings is 1. The van der Waals surface area contributed by atoms with Crippen LogP contribution in [-0.2, 0) is 0 Å². The Bertz CT molecular complexity index is 994. The second-order valence-corrected chi connectivity index (χ2v) is 8.71. The molecule has 6 heteroatoms. The average molecular weight is 410 g/mol. The minimum atomic E-state index is -0.297. The van der Waals surface area contributed by atoms with Crippen LogP contribution < -0.4 is 16.2 Å². The molecule has 0 radical (unpaired) electrons. The van der Waals surface area contributed by atoms with Crippen LogP contribution in [0.3, 0.4) is 0 Å². The fourth-order valence-corrected chi connectivity index (χ4v) is 4.98. The van der Waals surface area contributed by atoms with Gasteiger partial charge in [-0.1, -0.05) is 31.2 Å². The molecule has 2 aliphatic carbocycles. The van der Waals surface area contributed by atoms with E-state index in [1.165, 1.54) is 29.0 Å². The van der Waals surface area contributed by atoms with Gasteiger partial charge in [-0.05, 0) is 66.6 Å². The molecule has 150 valence electrons. The van der Waals surface area contributed by atoms with E-state index in [2.05, 4.69) is 24.9 Å². The number of allylic oxidation sites excluding steroid dienone is 3. The van der Waals surface area contributed by atoms with Gasteiger partial charge >= 0.3 is 0 Å². The highest BCUT2D eigenvalue weighted by atomic mass is 32.1. The van der Waals surface area contributed by atoms with E-state index in [-0.39, 0.29) is 23.2 Å². The third-order valence-corrected chi connectivity index (χ3v) is 6.93. The maximum atomic E-state index is 13.3. The predicted molar refractivity (Wildman–Crippen MR) is 116 cm³/mol. The summed E-state index contributed by atoms with van der Waals surface area (Å²) in [4.78, 5) is 13.3. The van der Waals surface area contributed by atoms with Gasteiger partial charge in [0.05, 0.1) is 16.3 Å². The van der Waals surface area contributed by atoms with Crippen LogP contribution in [0, 0.1) is 11.2 Å². The Labute approximate surface area is 174 Å². The fraction of sp³-hybridized carbons (Fsp3) is 0.261. The van der Waals surface area contributed by atoms with Crippen LogP contribution in [0.15, 0.2) is 77.4 Å². The van der Waals surface area contributed by atoms with Crippen molar-refractivity contribution >= 4 is 22.9 Å². The van der Waals surface area contributed by atoms with E-state index < -0.39 is 0 Å². The van der Waals surface area contributed by atoms with Crippen molar-refractivity contribution in [3.63, 3.8) is 0 Å². The molecular weight excluding hydrogens is 385 g/mol. The molecule has 2 atom stereocenters. The number of anilines is 1.